The highest BCUT2D eigenvalue weighted by Gasteiger charge is 2.14. The summed E-state index contributed by atoms with van der Waals surface area (Å²) in [4.78, 5) is 25.5. The highest BCUT2D eigenvalue weighted by molar-refractivity contribution is 5.94. The second-order valence-corrected chi connectivity index (χ2v) is 6.20. The molecule has 0 bridgehead atoms. The van der Waals surface area contributed by atoms with Gasteiger partial charge in [0.05, 0.1) is 6.54 Å². The first-order chi connectivity index (χ1) is 11.8. The molecule has 0 aliphatic heterocycles. The van der Waals surface area contributed by atoms with Gasteiger partial charge >= 0.3 is 0 Å². The molecule has 0 unspecified atom stereocenters. The van der Waals surface area contributed by atoms with E-state index in [1.54, 1.807) is 7.05 Å². The molecule has 25 heavy (non-hydrogen) atoms. The van der Waals surface area contributed by atoms with E-state index >= 15 is 0 Å². The number of hydrogen-bond acceptors (Lipinski definition) is 3. The number of likely N-dealkylation sites (N-methyl/N-ethyl adjacent to an activating group) is 1. The zero-order valence-corrected chi connectivity index (χ0v) is 15.1. The van der Waals surface area contributed by atoms with E-state index in [0.717, 1.165) is 11.1 Å². The Morgan fingerprint density at radius 2 is 1.68 bits per heavy atom. The molecule has 2 aromatic carbocycles. The van der Waals surface area contributed by atoms with Gasteiger partial charge in [0.25, 0.3) is 5.91 Å². The predicted octanol–water partition coefficient (Wildman–Crippen LogP) is 3.09. The number of aryl methyl sites for hydroxylation is 3. The van der Waals surface area contributed by atoms with Crippen LogP contribution in [0.25, 0.3) is 0 Å². The first-order valence-corrected chi connectivity index (χ1v) is 8.15. The second-order valence-electron chi connectivity index (χ2n) is 6.20. The third-order valence-corrected chi connectivity index (χ3v) is 3.98. The van der Waals surface area contributed by atoms with E-state index in [0.29, 0.717) is 11.4 Å². The van der Waals surface area contributed by atoms with Crippen molar-refractivity contribution in [2.75, 3.05) is 25.5 Å². The molecular formula is C20H24N2O3. The van der Waals surface area contributed by atoms with Crippen molar-refractivity contribution in [1.29, 1.82) is 0 Å². The maximum atomic E-state index is 12.1. The number of nitrogens with zero attached hydrogens (tertiary/aromatic N) is 1. The molecule has 0 aliphatic rings. The van der Waals surface area contributed by atoms with E-state index in [9.17, 15) is 9.59 Å². The molecule has 5 heteroatoms. The molecule has 2 amide bonds. The Morgan fingerprint density at radius 3 is 2.32 bits per heavy atom. The van der Waals surface area contributed by atoms with Crippen LogP contribution in [0.15, 0.2) is 42.5 Å². The average Bonchev–Trinajstić information content (AvgIpc) is 2.57. The fourth-order valence-corrected chi connectivity index (χ4v) is 2.20. The minimum Gasteiger partial charge on any atom is -0.484 e. The maximum Gasteiger partial charge on any atom is 0.260 e. The van der Waals surface area contributed by atoms with Crippen LogP contribution in [0.3, 0.4) is 0 Å². The van der Waals surface area contributed by atoms with Crippen molar-refractivity contribution < 1.29 is 14.3 Å². The van der Waals surface area contributed by atoms with Crippen molar-refractivity contribution in [3.05, 3.63) is 59.2 Å². The number of rotatable bonds is 6. The number of carbonyl (C=O) groups is 2. The van der Waals surface area contributed by atoms with Crippen LogP contribution in [0.2, 0.25) is 0 Å². The molecule has 132 valence electrons. The number of amides is 2. The van der Waals surface area contributed by atoms with E-state index in [1.807, 2.05) is 63.2 Å². The minimum atomic E-state index is -0.253. The Kier molecular flexibility index (Phi) is 6.17. The number of nitrogens with one attached hydrogen (secondary N) is 1. The molecule has 0 saturated carbocycles. The molecule has 5 nitrogen and oxygen atoms in total. The summed E-state index contributed by atoms with van der Waals surface area (Å²) in [6.07, 6.45) is 0. The zero-order valence-electron chi connectivity index (χ0n) is 15.1. The molecule has 0 aliphatic carbocycles. The van der Waals surface area contributed by atoms with Gasteiger partial charge in [0, 0.05) is 12.7 Å². The first kappa shape index (κ1) is 18.5. The van der Waals surface area contributed by atoms with Gasteiger partial charge in [-0.05, 0) is 56.2 Å². The van der Waals surface area contributed by atoms with Crippen LogP contribution >= 0.6 is 0 Å². The molecule has 0 atom stereocenters. The molecule has 0 heterocycles. The SMILES string of the molecule is Cc1ccc(NC(=O)CN(C)C(=O)COc2ccc(C)c(C)c2)cc1. The molecule has 2 aromatic rings. The topological polar surface area (TPSA) is 58.6 Å². The van der Waals surface area contributed by atoms with Crippen LogP contribution in [0.4, 0.5) is 5.69 Å². The van der Waals surface area contributed by atoms with Crippen LogP contribution in [0.1, 0.15) is 16.7 Å². The molecule has 0 radical (unpaired) electrons. The lowest BCUT2D eigenvalue weighted by Gasteiger charge is -2.17. The van der Waals surface area contributed by atoms with Crippen molar-refractivity contribution in [2.24, 2.45) is 0 Å². The Labute approximate surface area is 148 Å². The van der Waals surface area contributed by atoms with Crippen LogP contribution in [-0.4, -0.2) is 36.9 Å². The van der Waals surface area contributed by atoms with Gasteiger partial charge in [-0.25, -0.2) is 0 Å². The van der Waals surface area contributed by atoms with Crippen LogP contribution in [0.5, 0.6) is 5.75 Å². The Bertz CT molecular complexity index is 754. The van der Waals surface area contributed by atoms with E-state index in [-0.39, 0.29) is 25.0 Å². The van der Waals surface area contributed by atoms with E-state index in [1.165, 1.54) is 10.5 Å². The van der Waals surface area contributed by atoms with Crippen LogP contribution in [-0.2, 0) is 9.59 Å². The molecule has 0 aromatic heterocycles. The largest absolute Gasteiger partial charge is 0.484 e. The highest BCUT2D eigenvalue weighted by Crippen LogP contribution is 2.16. The van der Waals surface area contributed by atoms with Gasteiger partial charge < -0.3 is 15.0 Å². The first-order valence-electron chi connectivity index (χ1n) is 8.15. The molecule has 1 N–H and O–H groups in total. The average molecular weight is 340 g/mol. The zero-order chi connectivity index (χ0) is 18.4. The normalized spacial score (nSPS) is 10.2. The van der Waals surface area contributed by atoms with Gasteiger partial charge in [-0.3, -0.25) is 9.59 Å². The van der Waals surface area contributed by atoms with E-state index in [2.05, 4.69) is 5.32 Å². The Balaban J connectivity index is 1.81. The Morgan fingerprint density at radius 1 is 1.00 bits per heavy atom. The lowest BCUT2D eigenvalue weighted by Crippen LogP contribution is -2.37. The highest BCUT2D eigenvalue weighted by atomic mass is 16.5. The predicted molar refractivity (Wildman–Crippen MR) is 98.9 cm³/mol. The van der Waals surface area contributed by atoms with Crippen molar-refractivity contribution in [1.82, 2.24) is 4.90 Å². The number of hydrogen-bond donors (Lipinski definition) is 1. The fraction of sp³-hybridized carbons (Fsp3) is 0.300. The third kappa shape index (κ3) is 5.64. The van der Waals surface area contributed by atoms with Gasteiger partial charge in [0.15, 0.2) is 6.61 Å². The summed E-state index contributed by atoms with van der Waals surface area (Å²) >= 11 is 0. The van der Waals surface area contributed by atoms with Gasteiger partial charge in [-0.1, -0.05) is 23.8 Å². The summed E-state index contributed by atoms with van der Waals surface area (Å²) < 4.78 is 5.51. The molecule has 0 saturated heterocycles. The Hall–Kier alpha value is -2.82. The number of carbonyl (C=O) groups excluding carboxylic acids is 2. The third-order valence-electron chi connectivity index (χ3n) is 3.98. The maximum absolute atomic E-state index is 12.1. The lowest BCUT2D eigenvalue weighted by molar-refractivity contribution is -0.135. The van der Waals surface area contributed by atoms with Crippen LogP contribution < -0.4 is 10.1 Å². The summed E-state index contributed by atoms with van der Waals surface area (Å²) in [5.41, 5.74) is 4.11. The summed E-state index contributed by atoms with van der Waals surface area (Å²) in [5.74, 6) is 0.150. The number of benzene rings is 2. The summed E-state index contributed by atoms with van der Waals surface area (Å²) in [5, 5.41) is 2.77. The van der Waals surface area contributed by atoms with Crippen LogP contribution in [0, 0.1) is 20.8 Å². The number of ether oxygens (including phenoxy) is 1. The van der Waals surface area contributed by atoms with Gasteiger partial charge in [0.1, 0.15) is 5.75 Å². The van der Waals surface area contributed by atoms with E-state index in [4.69, 9.17) is 4.74 Å². The molecule has 0 fully saturated rings. The second kappa shape index (κ2) is 8.33. The monoisotopic (exact) mass is 340 g/mol. The summed E-state index contributed by atoms with van der Waals surface area (Å²) in [7, 11) is 1.58. The van der Waals surface area contributed by atoms with Gasteiger partial charge in [-0.2, -0.15) is 0 Å². The number of anilines is 1. The van der Waals surface area contributed by atoms with Crippen molar-refractivity contribution >= 4 is 17.5 Å². The standard InChI is InChI=1S/C20H24N2O3/c1-14-5-8-17(9-6-14)21-19(23)12-22(4)20(24)13-25-18-10-7-15(2)16(3)11-18/h5-11H,12-13H2,1-4H3,(H,21,23). The summed E-state index contributed by atoms with van der Waals surface area (Å²) in [6.45, 7) is 5.86. The van der Waals surface area contributed by atoms with Gasteiger partial charge in [0.2, 0.25) is 5.91 Å². The smallest absolute Gasteiger partial charge is 0.260 e. The van der Waals surface area contributed by atoms with Crippen molar-refractivity contribution in [3.63, 3.8) is 0 Å². The lowest BCUT2D eigenvalue weighted by atomic mass is 10.1. The quantitative estimate of drug-likeness (QED) is 0.879. The molecule has 0 spiro atoms. The fourth-order valence-electron chi connectivity index (χ4n) is 2.20. The van der Waals surface area contributed by atoms with Gasteiger partial charge in [-0.15, -0.1) is 0 Å². The molecule has 2 rings (SSSR count). The molecular weight excluding hydrogens is 316 g/mol. The minimum absolute atomic E-state index is 0.0248. The van der Waals surface area contributed by atoms with E-state index < -0.39 is 0 Å². The van der Waals surface area contributed by atoms with Crippen molar-refractivity contribution in [2.45, 2.75) is 20.8 Å². The van der Waals surface area contributed by atoms with Crippen molar-refractivity contribution in [3.8, 4) is 5.75 Å². The summed E-state index contributed by atoms with van der Waals surface area (Å²) in [6, 6.07) is 13.2.